The van der Waals surface area contributed by atoms with E-state index in [2.05, 4.69) is 362 Å². The normalized spacial score (nSPS) is 12.9. The molecule has 0 atom stereocenters. The molecule has 0 bridgehead atoms. The van der Waals surface area contributed by atoms with Crippen molar-refractivity contribution in [1.82, 2.24) is 0 Å². The minimum absolute atomic E-state index is 0.564. The predicted molar refractivity (Wildman–Crippen MR) is 461 cm³/mol. The Morgan fingerprint density at radius 2 is 0.766 bits per heavy atom. The van der Waals surface area contributed by atoms with Crippen molar-refractivity contribution in [2.75, 3.05) is 0 Å². The van der Waals surface area contributed by atoms with Crippen molar-refractivity contribution in [3.05, 3.63) is 349 Å². The number of aryl methyl sites for hydroxylation is 10. The van der Waals surface area contributed by atoms with E-state index in [0.717, 1.165) is 45.6 Å². The molecule has 22 rings (SSSR count). The molecule has 0 fully saturated rings. The zero-order valence-electron chi connectivity index (χ0n) is 67.1. The van der Waals surface area contributed by atoms with Crippen LogP contribution in [0, 0.1) is 61.3 Å². The number of pyridine rings is 5. The SMILES string of the molecule is CC(C)Cc1ccc2c(c1)-c1ccc3ccccc3[n+]1C2.CCCc1ccc2ccc3[n+](c2c1)Cc1c(C)cc(C)cc1-3.Cc1cc(C)c2c(c1)-c1ccc3ccc(-c4ccccc4)cc3[n+]1C2.Cc1cc(C)c2c(c1)-c1ccc3ccc(C(C)C)cc3[n+]1C2.Cc1cc(C)c2c3c1CCc1cc4ccccc4[n+](c1-3)C2. The van der Waals surface area contributed by atoms with E-state index in [9.17, 15) is 0 Å². The van der Waals surface area contributed by atoms with Crippen LogP contribution in [-0.2, 0) is 58.4 Å². The molecule has 111 heavy (non-hydrogen) atoms. The first-order chi connectivity index (χ1) is 53.9. The zero-order chi connectivity index (χ0) is 76.2. The first-order valence-corrected chi connectivity index (χ1v) is 40.7. The second-order valence-corrected chi connectivity index (χ2v) is 33.5. The Labute approximate surface area is 656 Å². The second kappa shape index (κ2) is 28.7. The maximum absolute atomic E-state index is 2.55. The maximum Gasteiger partial charge on any atom is 0.217 e. The van der Waals surface area contributed by atoms with Crippen molar-refractivity contribution in [2.24, 2.45) is 5.92 Å². The second-order valence-electron chi connectivity index (χ2n) is 33.5. The van der Waals surface area contributed by atoms with Crippen molar-refractivity contribution < 1.29 is 22.8 Å². The van der Waals surface area contributed by atoms with Crippen molar-refractivity contribution in [3.63, 3.8) is 0 Å². The highest BCUT2D eigenvalue weighted by Crippen LogP contribution is 2.43. The third-order valence-electron chi connectivity index (χ3n) is 24.8. The van der Waals surface area contributed by atoms with E-state index >= 15 is 0 Å². The Bertz CT molecular complexity index is 6510. The van der Waals surface area contributed by atoms with Gasteiger partial charge in [-0.15, -0.1) is 0 Å². The van der Waals surface area contributed by atoms with Crippen LogP contribution < -0.4 is 22.8 Å². The molecule has 0 amide bonds. The molecule has 0 spiro atoms. The molecule has 0 saturated carbocycles. The number of rotatable bonds is 6. The number of nitrogens with zero attached hydrogens (tertiary/aromatic N) is 5. The van der Waals surface area contributed by atoms with Crippen LogP contribution in [-0.4, -0.2) is 0 Å². The predicted octanol–water partition coefficient (Wildman–Crippen LogP) is 23.3. The molecule has 546 valence electrons. The summed E-state index contributed by atoms with van der Waals surface area (Å²) in [5.74, 6) is 1.27. The molecule has 16 aromatic rings. The lowest BCUT2D eigenvalue weighted by Gasteiger charge is -2.18. The molecular weight excluding hydrogens is 1340 g/mol. The third-order valence-corrected chi connectivity index (χ3v) is 24.8. The summed E-state index contributed by atoms with van der Waals surface area (Å²) in [7, 11) is 0. The highest BCUT2D eigenvalue weighted by atomic mass is 15.0. The van der Waals surface area contributed by atoms with Gasteiger partial charge in [0.05, 0.1) is 27.8 Å². The monoisotopic (exact) mass is 1440 g/mol. The van der Waals surface area contributed by atoms with Gasteiger partial charge in [0.25, 0.3) is 0 Å². The molecule has 0 saturated heterocycles. The Morgan fingerprint density at radius 3 is 1.34 bits per heavy atom. The number of aromatic nitrogens is 5. The fourth-order valence-electron chi connectivity index (χ4n) is 19.4. The van der Waals surface area contributed by atoms with E-state index in [1.54, 1.807) is 16.7 Å². The fourth-order valence-corrected chi connectivity index (χ4v) is 19.4. The van der Waals surface area contributed by atoms with Crippen LogP contribution in [0.2, 0.25) is 0 Å². The van der Waals surface area contributed by atoms with Crippen LogP contribution in [0.5, 0.6) is 0 Å². The number of para-hydroxylation sites is 2. The highest BCUT2D eigenvalue weighted by Gasteiger charge is 2.39. The van der Waals surface area contributed by atoms with Gasteiger partial charge in [0.2, 0.25) is 56.1 Å². The minimum Gasteiger partial charge on any atom is -0.187 e. The molecule has 10 heterocycles. The summed E-state index contributed by atoms with van der Waals surface area (Å²) in [4.78, 5) is 0. The van der Waals surface area contributed by atoms with Crippen LogP contribution in [0.15, 0.2) is 249 Å². The molecule has 0 radical (unpaired) electrons. The van der Waals surface area contributed by atoms with Crippen LogP contribution >= 0.6 is 0 Å². The first kappa shape index (κ1) is 71.1. The zero-order valence-corrected chi connectivity index (χ0v) is 67.1. The van der Waals surface area contributed by atoms with Gasteiger partial charge >= 0.3 is 0 Å². The number of benzene rings is 11. The molecule has 5 heteroatoms. The molecule has 5 aromatic heterocycles. The summed E-state index contributed by atoms with van der Waals surface area (Å²) in [6.45, 7) is 34.1. The van der Waals surface area contributed by atoms with Crippen molar-refractivity contribution in [3.8, 4) is 67.4 Å². The molecule has 5 aliphatic heterocycles. The maximum atomic E-state index is 2.55. The van der Waals surface area contributed by atoms with Crippen LogP contribution in [0.1, 0.15) is 147 Å². The minimum atomic E-state index is 0.564. The summed E-state index contributed by atoms with van der Waals surface area (Å²) in [5.41, 5.74) is 49.4. The van der Waals surface area contributed by atoms with Crippen LogP contribution in [0.4, 0.5) is 0 Å². The van der Waals surface area contributed by atoms with E-state index in [4.69, 9.17) is 0 Å². The van der Waals surface area contributed by atoms with Crippen molar-refractivity contribution in [2.45, 2.75) is 161 Å². The van der Waals surface area contributed by atoms with Crippen LogP contribution in [0.25, 0.3) is 122 Å². The van der Waals surface area contributed by atoms with Gasteiger partial charge in [0.15, 0.2) is 32.7 Å². The summed E-state index contributed by atoms with van der Waals surface area (Å²) in [6.07, 6.45) is 5.88. The van der Waals surface area contributed by atoms with Crippen molar-refractivity contribution in [1.29, 1.82) is 0 Å². The number of hydrogen-bond acceptors (Lipinski definition) is 0. The quantitative estimate of drug-likeness (QED) is 0.148. The summed E-state index contributed by atoms with van der Waals surface area (Å²) in [5, 5.41) is 6.66. The Hall–Kier alpha value is -11.5. The Morgan fingerprint density at radius 1 is 0.306 bits per heavy atom. The van der Waals surface area contributed by atoms with E-state index in [-0.39, 0.29) is 0 Å². The molecule has 11 aromatic carbocycles. The molecule has 0 unspecified atom stereocenters. The van der Waals surface area contributed by atoms with Gasteiger partial charge in [-0.3, -0.25) is 0 Å². The lowest BCUT2D eigenvalue weighted by Crippen LogP contribution is -2.35. The molecule has 0 N–H and O–H groups in total. The van der Waals surface area contributed by atoms with Gasteiger partial charge in [-0.25, -0.2) is 0 Å². The molecular formula is C106H102N5+5. The molecule has 6 aliphatic rings. The van der Waals surface area contributed by atoms with Crippen molar-refractivity contribution >= 4 is 54.5 Å². The average molecular weight is 1450 g/mol. The number of fused-ring (bicyclic) bond motifs is 22. The topological polar surface area (TPSA) is 19.4 Å². The van der Waals surface area contributed by atoms with Crippen LogP contribution in [0.3, 0.4) is 0 Å². The Kier molecular flexibility index (Phi) is 18.4. The van der Waals surface area contributed by atoms with E-state index in [1.165, 1.54) is 225 Å². The third kappa shape index (κ3) is 12.9. The molecule has 5 nitrogen and oxygen atoms in total. The average Bonchev–Trinajstić information content (AvgIpc) is 1.54. The number of hydrogen-bond donors (Lipinski definition) is 0. The lowest BCUT2D eigenvalue weighted by molar-refractivity contribution is -0.646. The van der Waals surface area contributed by atoms with Gasteiger partial charge < -0.3 is 0 Å². The molecule has 1 aliphatic carbocycles. The van der Waals surface area contributed by atoms with E-state index < -0.39 is 0 Å². The van der Waals surface area contributed by atoms with Gasteiger partial charge in [-0.05, 0) is 256 Å². The smallest absolute Gasteiger partial charge is 0.187 e. The van der Waals surface area contributed by atoms with Gasteiger partial charge in [-0.2, -0.15) is 22.8 Å². The van der Waals surface area contributed by atoms with Gasteiger partial charge in [-0.1, -0.05) is 150 Å². The lowest BCUT2D eigenvalue weighted by atomic mass is 9.83. The highest BCUT2D eigenvalue weighted by molar-refractivity contribution is 5.87. The first-order valence-electron chi connectivity index (χ1n) is 40.7. The Balaban J connectivity index is 0.0000000972. The summed E-state index contributed by atoms with van der Waals surface area (Å²) >= 11 is 0. The van der Waals surface area contributed by atoms with E-state index in [0.29, 0.717) is 11.8 Å². The standard InChI is InChI=1S/C24H20N.2C21H22N.C20H18N.C20H20N/c1-16-12-17(2)22-15-25-23(21(22)13-16)11-10-19-8-9-20(14-24(19)25)18-6-4-3-5-7-18;1-13(2)17-6-5-16-7-8-20-18-10-14(3)9-15(4)19(18)12-22(20)21(16)11-17;1-4-5-16-6-7-17-8-9-20-18-11-14(2)10-15(3)19(18)13-22(20)21(17)12-16;1-12-9-13(2)17-11-21-18-6-4-3-5-14(18)10-15-7-8-16(12)19(17)20(15)21;1-14(2)11-15-7-8-17-13-21-19-6-4-3-5-16(19)9-10-20(21)18(17)12-15/h3-14H,15H2,1-2H3;5-11,13H,12H2,1-4H3;6-12H,4-5,13H2,1-3H3;3-6,9-10H,7-8,11H2,1-2H3;3-10,12,14H,11,13H2,1-2H3/q5*+1. The summed E-state index contributed by atoms with van der Waals surface area (Å²) < 4.78 is 12.4. The van der Waals surface area contributed by atoms with Gasteiger partial charge in [0.1, 0.15) is 0 Å². The summed E-state index contributed by atoms with van der Waals surface area (Å²) in [6, 6.07) is 92.5. The largest absolute Gasteiger partial charge is 0.217 e. The van der Waals surface area contributed by atoms with E-state index in [1.807, 2.05) is 0 Å². The van der Waals surface area contributed by atoms with Gasteiger partial charge in [0, 0.05) is 115 Å². The fraction of sp³-hybridized carbons (Fsp3) is 0.236.